The summed E-state index contributed by atoms with van der Waals surface area (Å²) in [5.74, 6) is 3.43. The van der Waals surface area contributed by atoms with Crippen molar-refractivity contribution in [2.24, 2.45) is 0 Å². The fourth-order valence-corrected chi connectivity index (χ4v) is 4.86. The summed E-state index contributed by atoms with van der Waals surface area (Å²) in [5.41, 5.74) is 2.40. The molecule has 4 rings (SSSR count). The molecule has 27 heavy (non-hydrogen) atoms. The summed E-state index contributed by atoms with van der Waals surface area (Å²) in [6.45, 7) is 4.63. The van der Waals surface area contributed by atoms with Crippen molar-refractivity contribution in [2.75, 3.05) is 47.5 Å². The van der Waals surface area contributed by atoms with Crippen LogP contribution in [0, 0.1) is 5.82 Å². The van der Waals surface area contributed by atoms with Crippen LogP contribution in [0.5, 0.6) is 0 Å². The van der Waals surface area contributed by atoms with E-state index in [1.54, 1.807) is 0 Å². The summed E-state index contributed by atoms with van der Waals surface area (Å²) < 4.78 is 13.1. The van der Waals surface area contributed by atoms with Gasteiger partial charge in [-0.3, -0.25) is 0 Å². The van der Waals surface area contributed by atoms with E-state index in [0.717, 1.165) is 44.2 Å². The highest BCUT2D eigenvalue weighted by Gasteiger charge is 2.19. The molecule has 6 heteroatoms. The van der Waals surface area contributed by atoms with Gasteiger partial charge in [0.05, 0.1) is 0 Å². The van der Waals surface area contributed by atoms with Gasteiger partial charge in [0.1, 0.15) is 11.6 Å². The number of pyridine rings is 1. The highest BCUT2D eigenvalue weighted by Crippen LogP contribution is 2.21. The molecule has 2 fully saturated rings. The number of piperazine rings is 1. The maximum atomic E-state index is 13.1. The van der Waals surface area contributed by atoms with Crippen LogP contribution in [-0.4, -0.2) is 48.7 Å². The Labute approximate surface area is 165 Å². The van der Waals surface area contributed by atoms with Gasteiger partial charge < -0.3 is 15.1 Å². The molecular weight excluding hydrogens is 359 g/mol. The monoisotopic (exact) mass is 386 g/mol. The van der Waals surface area contributed by atoms with E-state index in [-0.39, 0.29) is 5.82 Å². The summed E-state index contributed by atoms with van der Waals surface area (Å²) >= 11 is 2.06. The first-order valence-electron chi connectivity index (χ1n) is 9.79. The Morgan fingerprint density at radius 3 is 2.44 bits per heavy atom. The molecule has 2 aliphatic heterocycles. The van der Waals surface area contributed by atoms with Crippen molar-refractivity contribution in [3.8, 4) is 0 Å². The summed E-state index contributed by atoms with van der Waals surface area (Å²) in [6, 6.07) is 11.8. The van der Waals surface area contributed by atoms with Crippen molar-refractivity contribution < 1.29 is 4.39 Å². The maximum absolute atomic E-state index is 13.1. The number of halogens is 1. The molecule has 1 aromatic heterocycles. The van der Waals surface area contributed by atoms with E-state index in [0.29, 0.717) is 6.04 Å². The first-order chi connectivity index (χ1) is 13.3. The summed E-state index contributed by atoms with van der Waals surface area (Å²) in [4.78, 5) is 9.25. The molecule has 0 atom stereocenters. The van der Waals surface area contributed by atoms with Crippen LogP contribution in [-0.2, 0) is 6.54 Å². The lowest BCUT2D eigenvalue weighted by Crippen LogP contribution is -2.46. The van der Waals surface area contributed by atoms with E-state index in [9.17, 15) is 4.39 Å². The van der Waals surface area contributed by atoms with Crippen molar-refractivity contribution in [1.82, 2.24) is 10.3 Å². The predicted molar refractivity (Wildman–Crippen MR) is 112 cm³/mol. The Morgan fingerprint density at radius 1 is 1.00 bits per heavy atom. The zero-order valence-corrected chi connectivity index (χ0v) is 16.4. The summed E-state index contributed by atoms with van der Waals surface area (Å²) in [5, 5.41) is 3.70. The summed E-state index contributed by atoms with van der Waals surface area (Å²) in [7, 11) is 0. The fourth-order valence-electron chi connectivity index (χ4n) is 3.75. The van der Waals surface area contributed by atoms with Crippen LogP contribution in [0.15, 0.2) is 42.6 Å². The van der Waals surface area contributed by atoms with Crippen molar-refractivity contribution in [3.63, 3.8) is 0 Å². The molecule has 2 aromatic rings. The quantitative estimate of drug-likeness (QED) is 0.850. The highest BCUT2D eigenvalue weighted by molar-refractivity contribution is 7.99. The van der Waals surface area contributed by atoms with Crippen molar-refractivity contribution in [1.29, 1.82) is 0 Å². The molecule has 0 spiro atoms. The molecule has 0 unspecified atom stereocenters. The predicted octanol–water partition coefficient (Wildman–Crippen LogP) is 3.53. The largest absolute Gasteiger partial charge is 0.368 e. The normalized spacial score (nSPS) is 18.7. The fraction of sp³-hybridized carbons (Fsp3) is 0.476. The molecule has 0 amide bonds. The highest BCUT2D eigenvalue weighted by atomic mass is 32.2. The molecule has 2 saturated heterocycles. The molecular formula is C21H27FN4S. The minimum atomic E-state index is -0.181. The zero-order chi connectivity index (χ0) is 18.5. The SMILES string of the molecule is Fc1ccc(N2CCN(c3cc(CNC4CCSCC4)ccn3)CC2)cc1. The van der Waals surface area contributed by atoms with Crippen LogP contribution in [0.3, 0.4) is 0 Å². The van der Waals surface area contributed by atoms with E-state index in [2.05, 4.69) is 44.0 Å². The Hall–Kier alpha value is -1.79. The average Bonchev–Trinajstić information content (AvgIpc) is 2.74. The number of hydrogen-bond acceptors (Lipinski definition) is 5. The molecule has 4 nitrogen and oxygen atoms in total. The van der Waals surface area contributed by atoms with Gasteiger partial charge in [-0.25, -0.2) is 9.37 Å². The number of anilines is 2. The van der Waals surface area contributed by atoms with Crippen molar-refractivity contribution in [3.05, 3.63) is 54.0 Å². The average molecular weight is 387 g/mol. The van der Waals surface area contributed by atoms with Crippen LogP contribution in [0.1, 0.15) is 18.4 Å². The van der Waals surface area contributed by atoms with Crippen LogP contribution < -0.4 is 15.1 Å². The van der Waals surface area contributed by atoms with E-state index < -0.39 is 0 Å². The standard InChI is InChI=1S/C21H27FN4S/c22-18-1-3-20(4-2-18)25-9-11-26(12-10-25)21-15-17(5-8-23-21)16-24-19-6-13-27-14-7-19/h1-5,8,15,19,24H,6-7,9-14,16H2. The maximum Gasteiger partial charge on any atom is 0.128 e. The third kappa shape index (κ3) is 4.93. The molecule has 0 saturated carbocycles. The Kier molecular flexibility index (Phi) is 6.14. The Morgan fingerprint density at radius 2 is 1.70 bits per heavy atom. The second-order valence-electron chi connectivity index (χ2n) is 7.24. The topological polar surface area (TPSA) is 31.4 Å². The van der Waals surface area contributed by atoms with Gasteiger partial charge in [-0.1, -0.05) is 0 Å². The molecule has 0 aliphatic carbocycles. The molecule has 2 aliphatic rings. The Bertz CT molecular complexity index is 725. The number of nitrogens with zero attached hydrogens (tertiary/aromatic N) is 3. The van der Waals surface area contributed by atoms with E-state index >= 15 is 0 Å². The van der Waals surface area contributed by atoms with Crippen LogP contribution in [0.2, 0.25) is 0 Å². The molecule has 0 radical (unpaired) electrons. The minimum Gasteiger partial charge on any atom is -0.368 e. The van der Waals surface area contributed by atoms with Gasteiger partial charge in [-0.05, 0) is 66.3 Å². The number of benzene rings is 1. The second kappa shape index (κ2) is 8.93. The van der Waals surface area contributed by atoms with Gasteiger partial charge in [0, 0.05) is 50.6 Å². The van der Waals surface area contributed by atoms with Crippen LogP contribution in [0.25, 0.3) is 0 Å². The molecule has 1 aromatic carbocycles. The number of aromatic nitrogens is 1. The van der Waals surface area contributed by atoms with Gasteiger partial charge >= 0.3 is 0 Å². The minimum absolute atomic E-state index is 0.181. The summed E-state index contributed by atoms with van der Waals surface area (Å²) in [6.07, 6.45) is 4.47. The van der Waals surface area contributed by atoms with E-state index in [1.165, 1.54) is 42.0 Å². The van der Waals surface area contributed by atoms with Crippen molar-refractivity contribution >= 4 is 23.3 Å². The number of thioether (sulfide) groups is 1. The molecule has 144 valence electrons. The lowest BCUT2D eigenvalue weighted by Gasteiger charge is -2.36. The van der Waals surface area contributed by atoms with Gasteiger partial charge in [0.15, 0.2) is 0 Å². The third-order valence-electron chi connectivity index (χ3n) is 5.42. The van der Waals surface area contributed by atoms with Gasteiger partial charge in [0.2, 0.25) is 0 Å². The second-order valence-corrected chi connectivity index (χ2v) is 8.47. The van der Waals surface area contributed by atoms with Crippen LogP contribution in [0.4, 0.5) is 15.9 Å². The van der Waals surface area contributed by atoms with E-state index in [1.807, 2.05) is 18.3 Å². The lowest BCUT2D eigenvalue weighted by molar-refractivity contribution is 0.482. The molecule has 0 bridgehead atoms. The first kappa shape index (κ1) is 18.6. The van der Waals surface area contributed by atoms with Gasteiger partial charge in [-0.15, -0.1) is 0 Å². The Balaban J connectivity index is 1.32. The smallest absolute Gasteiger partial charge is 0.128 e. The van der Waals surface area contributed by atoms with Crippen LogP contribution >= 0.6 is 11.8 Å². The van der Waals surface area contributed by atoms with Gasteiger partial charge in [-0.2, -0.15) is 11.8 Å². The molecule has 1 N–H and O–H groups in total. The zero-order valence-electron chi connectivity index (χ0n) is 15.6. The lowest BCUT2D eigenvalue weighted by atomic mass is 10.1. The number of nitrogens with one attached hydrogen (secondary N) is 1. The number of hydrogen-bond donors (Lipinski definition) is 1. The van der Waals surface area contributed by atoms with E-state index in [4.69, 9.17) is 0 Å². The molecule has 3 heterocycles. The first-order valence-corrected chi connectivity index (χ1v) is 10.9. The van der Waals surface area contributed by atoms with Gasteiger partial charge in [0.25, 0.3) is 0 Å². The third-order valence-corrected chi connectivity index (χ3v) is 6.47. The number of rotatable bonds is 5. The van der Waals surface area contributed by atoms with Crippen molar-refractivity contribution in [2.45, 2.75) is 25.4 Å².